The molecule has 242 valence electrons. The number of ether oxygens (including phenoxy) is 2. The number of benzene rings is 2. The Hall–Kier alpha value is -3.87. The molecule has 1 aliphatic rings. The second kappa shape index (κ2) is 13.6. The first kappa shape index (κ1) is 32.5. The lowest BCUT2D eigenvalue weighted by Gasteiger charge is -2.34. The molecule has 0 saturated carbocycles. The molecule has 4 aromatic rings. The van der Waals surface area contributed by atoms with Gasteiger partial charge >= 0.3 is 0 Å². The van der Waals surface area contributed by atoms with E-state index in [1.54, 1.807) is 57.5 Å². The van der Waals surface area contributed by atoms with E-state index in [1.165, 1.54) is 10.2 Å². The summed E-state index contributed by atoms with van der Waals surface area (Å²) < 4.78 is 39.4. The highest BCUT2D eigenvalue weighted by atomic mass is 32.2. The van der Waals surface area contributed by atoms with Gasteiger partial charge in [-0.05, 0) is 101 Å². The third-order valence-electron chi connectivity index (χ3n) is 8.17. The Labute approximate surface area is 266 Å². The largest absolute Gasteiger partial charge is 0.489 e. The predicted octanol–water partition coefficient (Wildman–Crippen LogP) is 5.74. The molecule has 0 bridgehead atoms. The third-order valence-corrected chi connectivity index (χ3v) is 10.4. The number of nitrogen functional groups attached to an aromatic ring is 1. The Morgan fingerprint density at radius 2 is 1.84 bits per heavy atom. The molecule has 3 heterocycles. The molecule has 2 aromatic heterocycles. The highest BCUT2D eigenvalue weighted by molar-refractivity contribution is 7.92. The van der Waals surface area contributed by atoms with E-state index in [2.05, 4.69) is 34.6 Å². The zero-order valence-corrected chi connectivity index (χ0v) is 27.8. The number of piperidine rings is 1. The molecule has 1 aliphatic heterocycles. The quantitative estimate of drug-likeness (QED) is 0.165. The number of rotatable bonds is 12. The summed E-state index contributed by atoms with van der Waals surface area (Å²) in [6, 6.07) is 12.9. The van der Waals surface area contributed by atoms with Crippen LogP contribution in [-0.2, 0) is 14.6 Å². The smallest absolute Gasteiger partial charge is 0.231 e. The van der Waals surface area contributed by atoms with Crippen molar-refractivity contribution in [3.63, 3.8) is 0 Å². The lowest BCUT2D eigenvalue weighted by Crippen LogP contribution is -2.36. The van der Waals surface area contributed by atoms with E-state index < -0.39 is 15.1 Å². The van der Waals surface area contributed by atoms with Crippen LogP contribution < -0.4 is 21.2 Å². The summed E-state index contributed by atoms with van der Waals surface area (Å²) >= 11 is 0. The van der Waals surface area contributed by atoms with E-state index in [0.717, 1.165) is 50.3 Å². The van der Waals surface area contributed by atoms with Crippen molar-refractivity contribution in [3.8, 4) is 5.75 Å². The standard InChI is InChI=1S/C33H45N7O4S/c1-21(2)44-29-19-26(24-10-9-14-39(20-24)16-17-43-6)23(5)18-28(29)36-33-37-31(25-13-15-40(34)32(25)38-33)35-27-11-7-8-12-30(27)45(41,42)22(3)4/h7-8,11-13,15,18-19,21-22,24H,9-10,14,16-17,20,34H2,1-6H3,(H2,35,36,37,38). The van der Waals surface area contributed by atoms with Crippen LogP contribution in [0.25, 0.3) is 11.0 Å². The topological polar surface area (TPSA) is 137 Å². The number of anilines is 4. The van der Waals surface area contributed by atoms with Crippen LogP contribution in [0.2, 0.25) is 0 Å². The van der Waals surface area contributed by atoms with Crippen LogP contribution >= 0.6 is 0 Å². The van der Waals surface area contributed by atoms with Gasteiger partial charge in [0.2, 0.25) is 5.95 Å². The number of methoxy groups -OCH3 is 1. The first-order valence-electron chi connectivity index (χ1n) is 15.5. The van der Waals surface area contributed by atoms with E-state index in [-0.39, 0.29) is 11.0 Å². The molecule has 1 fully saturated rings. The number of nitrogens with zero attached hydrogens (tertiary/aromatic N) is 4. The molecule has 1 atom stereocenters. The average Bonchev–Trinajstić information content (AvgIpc) is 3.38. The molecule has 0 amide bonds. The number of aromatic nitrogens is 3. The summed E-state index contributed by atoms with van der Waals surface area (Å²) in [7, 11) is -1.81. The lowest BCUT2D eigenvalue weighted by atomic mass is 9.87. The number of aryl methyl sites for hydroxylation is 1. The Balaban J connectivity index is 1.52. The summed E-state index contributed by atoms with van der Waals surface area (Å²) in [5, 5.41) is 6.71. The van der Waals surface area contributed by atoms with E-state index >= 15 is 0 Å². The molecular weight excluding hydrogens is 590 g/mol. The molecule has 1 unspecified atom stereocenters. The van der Waals surface area contributed by atoms with Crippen LogP contribution in [0.5, 0.6) is 5.75 Å². The van der Waals surface area contributed by atoms with Gasteiger partial charge in [0, 0.05) is 26.4 Å². The van der Waals surface area contributed by atoms with Crippen molar-refractivity contribution in [2.45, 2.75) is 69.6 Å². The monoisotopic (exact) mass is 635 g/mol. The number of nitrogens with one attached hydrogen (secondary N) is 2. The first-order valence-corrected chi connectivity index (χ1v) is 17.1. The Morgan fingerprint density at radius 1 is 1.07 bits per heavy atom. The van der Waals surface area contributed by atoms with E-state index in [1.807, 2.05) is 13.8 Å². The third kappa shape index (κ3) is 7.18. The molecule has 11 nitrogen and oxygen atoms in total. The van der Waals surface area contributed by atoms with Crippen LogP contribution in [0.4, 0.5) is 23.1 Å². The van der Waals surface area contributed by atoms with Crippen molar-refractivity contribution in [2.24, 2.45) is 0 Å². The summed E-state index contributed by atoms with van der Waals surface area (Å²) in [6.45, 7) is 13.2. The van der Waals surface area contributed by atoms with Crippen molar-refractivity contribution in [1.82, 2.24) is 19.5 Å². The second-order valence-electron chi connectivity index (χ2n) is 12.2. The second-order valence-corrected chi connectivity index (χ2v) is 14.7. The Bertz CT molecular complexity index is 1750. The number of hydrogen-bond acceptors (Lipinski definition) is 10. The van der Waals surface area contributed by atoms with Crippen molar-refractivity contribution in [2.75, 3.05) is 49.8 Å². The summed E-state index contributed by atoms with van der Waals surface area (Å²) in [6.07, 6.45) is 3.90. The maximum atomic E-state index is 13.2. The van der Waals surface area contributed by atoms with Gasteiger partial charge in [-0.3, -0.25) is 4.68 Å². The van der Waals surface area contributed by atoms with Gasteiger partial charge in [0.15, 0.2) is 15.5 Å². The number of para-hydroxylation sites is 1. The molecule has 12 heteroatoms. The fraction of sp³-hybridized carbons (Fsp3) is 0.455. The van der Waals surface area contributed by atoms with Gasteiger partial charge < -0.3 is 30.8 Å². The van der Waals surface area contributed by atoms with Gasteiger partial charge in [-0.25, -0.2) is 8.42 Å². The van der Waals surface area contributed by atoms with Crippen LogP contribution in [-0.4, -0.2) is 72.7 Å². The van der Waals surface area contributed by atoms with Gasteiger partial charge in [0.1, 0.15) is 11.6 Å². The number of likely N-dealkylation sites (tertiary alicyclic amines) is 1. The maximum Gasteiger partial charge on any atom is 0.231 e. The van der Waals surface area contributed by atoms with Crippen LogP contribution in [0.1, 0.15) is 57.6 Å². The number of hydrogen-bond donors (Lipinski definition) is 3. The molecule has 0 aliphatic carbocycles. The predicted molar refractivity (Wildman–Crippen MR) is 180 cm³/mol. The van der Waals surface area contributed by atoms with Crippen LogP contribution in [0.15, 0.2) is 53.6 Å². The molecular formula is C33H45N7O4S. The van der Waals surface area contributed by atoms with Crippen molar-refractivity contribution < 1.29 is 17.9 Å². The number of fused-ring (bicyclic) bond motifs is 1. The highest BCUT2D eigenvalue weighted by Crippen LogP contribution is 2.38. The number of sulfone groups is 1. The fourth-order valence-electron chi connectivity index (χ4n) is 5.83. The normalized spacial score (nSPS) is 16.0. The molecule has 0 radical (unpaired) electrons. The molecule has 2 aromatic carbocycles. The van der Waals surface area contributed by atoms with Gasteiger partial charge in [-0.2, -0.15) is 9.97 Å². The van der Waals surface area contributed by atoms with E-state index in [4.69, 9.17) is 25.3 Å². The fourth-order valence-corrected chi connectivity index (χ4v) is 7.03. The summed E-state index contributed by atoms with van der Waals surface area (Å²) in [4.78, 5) is 12.2. The minimum atomic E-state index is -3.56. The highest BCUT2D eigenvalue weighted by Gasteiger charge is 2.26. The van der Waals surface area contributed by atoms with Crippen molar-refractivity contribution in [3.05, 3.63) is 59.8 Å². The molecule has 1 saturated heterocycles. The minimum Gasteiger partial charge on any atom is -0.489 e. The first-order chi connectivity index (χ1) is 21.5. The van der Waals surface area contributed by atoms with Gasteiger partial charge in [-0.1, -0.05) is 12.1 Å². The Kier molecular flexibility index (Phi) is 9.85. The lowest BCUT2D eigenvalue weighted by molar-refractivity contribution is 0.128. The zero-order valence-electron chi connectivity index (χ0n) is 27.0. The van der Waals surface area contributed by atoms with Gasteiger partial charge in [-0.15, -0.1) is 0 Å². The number of nitrogens with two attached hydrogens (primary N) is 1. The van der Waals surface area contributed by atoms with Crippen molar-refractivity contribution >= 4 is 44.0 Å². The van der Waals surface area contributed by atoms with E-state index in [9.17, 15) is 8.42 Å². The maximum absolute atomic E-state index is 13.2. The average molecular weight is 636 g/mol. The molecule has 4 N–H and O–H groups in total. The molecule has 45 heavy (non-hydrogen) atoms. The Morgan fingerprint density at radius 3 is 2.58 bits per heavy atom. The van der Waals surface area contributed by atoms with Gasteiger partial charge in [0.05, 0.1) is 39.6 Å². The van der Waals surface area contributed by atoms with Crippen molar-refractivity contribution in [1.29, 1.82) is 0 Å². The SMILES string of the molecule is COCCN1CCCC(c2cc(OC(C)C)c(Nc3nc(Nc4ccccc4S(=O)(=O)C(C)C)c4ccn(N)c4n3)cc2C)C1. The zero-order chi connectivity index (χ0) is 32.3. The minimum absolute atomic E-state index is 0.0491. The van der Waals surface area contributed by atoms with Gasteiger partial charge in [0.25, 0.3) is 0 Å². The summed E-state index contributed by atoms with van der Waals surface area (Å²) in [5.41, 5.74) is 4.08. The molecule has 0 spiro atoms. The van der Waals surface area contributed by atoms with Crippen LogP contribution in [0, 0.1) is 6.92 Å². The molecule has 5 rings (SSSR count). The van der Waals surface area contributed by atoms with E-state index in [0.29, 0.717) is 40.2 Å². The van der Waals surface area contributed by atoms with Crippen LogP contribution in [0.3, 0.4) is 0 Å². The summed E-state index contributed by atoms with van der Waals surface area (Å²) in [5.74, 6) is 8.07.